The van der Waals surface area contributed by atoms with Gasteiger partial charge in [0.1, 0.15) is 37.6 Å². The van der Waals surface area contributed by atoms with E-state index in [9.17, 15) is 33.6 Å². The van der Waals surface area contributed by atoms with Crippen LogP contribution in [0.1, 0.15) is 112 Å². The van der Waals surface area contributed by atoms with Gasteiger partial charge in [-0.05, 0) is 59.8 Å². The third-order valence-electron chi connectivity index (χ3n) is 8.14. The molecule has 0 aromatic carbocycles. The van der Waals surface area contributed by atoms with Crippen LogP contribution in [0.5, 0.6) is 0 Å². The van der Waals surface area contributed by atoms with Gasteiger partial charge in [0.25, 0.3) is 0 Å². The highest BCUT2D eigenvalue weighted by atomic mass is 16.6. The first-order chi connectivity index (χ1) is 26.9. The molecule has 0 bridgehead atoms. The molecular weight excluding hydrogens is 740 g/mol. The van der Waals surface area contributed by atoms with E-state index in [-0.39, 0.29) is 54.8 Å². The van der Waals surface area contributed by atoms with Gasteiger partial charge in [0, 0.05) is 47.3 Å². The average molecular weight is 803 g/mol. The fraction of sp³-hybridized carbons (Fsp3) is 0.558. The molecule has 0 amide bonds. The second kappa shape index (κ2) is 29.0. The summed E-state index contributed by atoms with van der Waals surface area (Å²) in [6, 6.07) is 0. The third kappa shape index (κ3) is 23.4. The minimum atomic E-state index is -1.16. The van der Waals surface area contributed by atoms with Crippen LogP contribution in [0.4, 0.5) is 0 Å². The lowest BCUT2D eigenvalue weighted by Gasteiger charge is -2.33. The van der Waals surface area contributed by atoms with E-state index < -0.39 is 72.3 Å². The van der Waals surface area contributed by atoms with Crippen LogP contribution >= 0.6 is 0 Å². The average Bonchev–Trinajstić information content (AvgIpc) is 3.16. The molecular formula is C43H62O14. The molecule has 0 aromatic heterocycles. The molecule has 0 aliphatic rings. The summed E-state index contributed by atoms with van der Waals surface area (Å²) >= 11 is 0. The van der Waals surface area contributed by atoms with Gasteiger partial charge in [0.15, 0.2) is 6.10 Å². The Balaban J connectivity index is 5.77. The molecule has 0 heterocycles. The van der Waals surface area contributed by atoms with E-state index in [1.165, 1.54) is 27.7 Å². The SMILES string of the molecule is C=CC(=O)OC(CCCCC)C(CC(OC(=O)C(=C)C)C(CCCCCCCC(=O)OCC(COC(=O)C(=C)C)OC(=O)C(=C)C)OC(=O)C=C)OC(=O)C(=C)C. The van der Waals surface area contributed by atoms with Crippen molar-refractivity contribution in [3.63, 3.8) is 0 Å². The summed E-state index contributed by atoms with van der Waals surface area (Å²) < 4.78 is 38.4. The van der Waals surface area contributed by atoms with Crippen LogP contribution in [-0.4, -0.2) is 85.5 Å². The van der Waals surface area contributed by atoms with Gasteiger partial charge in [0.2, 0.25) is 0 Å². The van der Waals surface area contributed by atoms with Crippen LogP contribution in [0.3, 0.4) is 0 Å². The zero-order valence-electron chi connectivity index (χ0n) is 34.4. The van der Waals surface area contributed by atoms with Crippen LogP contribution in [-0.2, 0) is 66.7 Å². The van der Waals surface area contributed by atoms with E-state index in [1.807, 2.05) is 6.92 Å². The molecule has 0 fully saturated rings. The van der Waals surface area contributed by atoms with Gasteiger partial charge in [-0.15, -0.1) is 0 Å². The molecule has 0 saturated carbocycles. The number of esters is 7. The molecule has 0 spiro atoms. The predicted octanol–water partition coefficient (Wildman–Crippen LogP) is 7.01. The highest BCUT2D eigenvalue weighted by Gasteiger charge is 2.37. The molecule has 14 heteroatoms. The molecule has 0 aliphatic heterocycles. The van der Waals surface area contributed by atoms with Crippen LogP contribution in [0.15, 0.2) is 73.9 Å². The topological polar surface area (TPSA) is 184 Å². The summed E-state index contributed by atoms with van der Waals surface area (Å²) in [5.41, 5.74) is 0.449. The minimum Gasteiger partial charge on any atom is -0.462 e. The summed E-state index contributed by atoms with van der Waals surface area (Å²) in [5, 5.41) is 0. The molecule has 0 aliphatic carbocycles. The van der Waals surface area contributed by atoms with Crippen molar-refractivity contribution in [3.8, 4) is 0 Å². The Labute approximate surface area is 337 Å². The first kappa shape index (κ1) is 51.7. The molecule has 5 atom stereocenters. The van der Waals surface area contributed by atoms with Crippen molar-refractivity contribution in [1.29, 1.82) is 0 Å². The van der Waals surface area contributed by atoms with E-state index in [1.54, 1.807) is 0 Å². The predicted molar refractivity (Wildman–Crippen MR) is 212 cm³/mol. The zero-order chi connectivity index (χ0) is 43.5. The third-order valence-corrected chi connectivity index (χ3v) is 8.14. The van der Waals surface area contributed by atoms with Crippen molar-refractivity contribution in [2.75, 3.05) is 13.2 Å². The summed E-state index contributed by atoms with van der Waals surface area (Å²) in [5.74, 6) is -4.97. The maximum atomic E-state index is 12.9. The second-order valence-electron chi connectivity index (χ2n) is 13.7. The van der Waals surface area contributed by atoms with Crippen molar-refractivity contribution in [1.82, 2.24) is 0 Å². The Morgan fingerprint density at radius 3 is 1.33 bits per heavy atom. The molecule has 0 saturated heterocycles. The van der Waals surface area contributed by atoms with Gasteiger partial charge in [-0.25, -0.2) is 28.8 Å². The Hall–Kier alpha value is -5.27. The van der Waals surface area contributed by atoms with Crippen LogP contribution in [0, 0.1) is 0 Å². The van der Waals surface area contributed by atoms with E-state index in [4.69, 9.17) is 33.2 Å². The lowest BCUT2D eigenvalue weighted by Crippen LogP contribution is -2.43. The first-order valence-corrected chi connectivity index (χ1v) is 19.1. The van der Waals surface area contributed by atoms with Crippen LogP contribution in [0.2, 0.25) is 0 Å². The van der Waals surface area contributed by atoms with Crippen molar-refractivity contribution >= 4 is 41.8 Å². The molecule has 0 N–H and O–H groups in total. The van der Waals surface area contributed by atoms with Gasteiger partial charge >= 0.3 is 41.8 Å². The standard InChI is InChI=1S/C43H62O14/c1-12-15-19-22-33(54-37(44)13-2)35(56-42(49)30(8)9)25-36(57-43(50)31(10)11)34(55-38(45)14-3)23-20-17-16-18-21-24-39(46)51-26-32(53-41(48)29(6)7)27-52-40(47)28(4)5/h13-14,32-36H,2-4,6,8,10,12,15-27H2,1,5,7,9,11H3. The van der Waals surface area contributed by atoms with Gasteiger partial charge in [-0.2, -0.15) is 0 Å². The van der Waals surface area contributed by atoms with Crippen LogP contribution < -0.4 is 0 Å². The van der Waals surface area contributed by atoms with E-state index in [0.717, 1.165) is 25.0 Å². The Morgan fingerprint density at radius 2 is 0.895 bits per heavy atom. The zero-order valence-corrected chi connectivity index (χ0v) is 34.4. The number of carbonyl (C=O) groups is 7. The lowest BCUT2D eigenvalue weighted by atomic mass is 9.95. The summed E-state index contributed by atoms with van der Waals surface area (Å²) in [4.78, 5) is 86.8. The van der Waals surface area contributed by atoms with E-state index >= 15 is 0 Å². The number of ether oxygens (including phenoxy) is 7. The number of hydrogen-bond acceptors (Lipinski definition) is 14. The van der Waals surface area contributed by atoms with Gasteiger partial charge in [-0.3, -0.25) is 4.79 Å². The first-order valence-electron chi connectivity index (χ1n) is 19.1. The number of rotatable bonds is 31. The maximum Gasteiger partial charge on any atom is 0.333 e. The van der Waals surface area contributed by atoms with Crippen molar-refractivity contribution < 1.29 is 66.7 Å². The molecule has 0 rings (SSSR count). The summed E-state index contributed by atoms with van der Waals surface area (Å²) in [6.07, 6.45) is 2.34. The smallest absolute Gasteiger partial charge is 0.333 e. The molecule has 0 radical (unpaired) electrons. The fourth-order valence-electron chi connectivity index (χ4n) is 4.95. The molecule has 0 aromatic rings. The second-order valence-corrected chi connectivity index (χ2v) is 13.7. The van der Waals surface area contributed by atoms with Gasteiger partial charge < -0.3 is 33.2 Å². The highest BCUT2D eigenvalue weighted by molar-refractivity contribution is 5.88. The monoisotopic (exact) mass is 802 g/mol. The quantitative estimate of drug-likeness (QED) is 0.0302. The lowest BCUT2D eigenvalue weighted by molar-refractivity contribution is -0.176. The summed E-state index contributed by atoms with van der Waals surface area (Å²) in [7, 11) is 0. The van der Waals surface area contributed by atoms with Crippen LogP contribution in [0.25, 0.3) is 0 Å². The molecule has 57 heavy (non-hydrogen) atoms. The van der Waals surface area contributed by atoms with Crippen molar-refractivity contribution in [3.05, 3.63) is 73.9 Å². The molecule has 318 valence electrons. The molecule has 14 nitrogen and oxygen atoms in total. The number of unbranched alkanes of at least 4 members (excludes halogenated alkanes) is 6. The van der Waals surface area contributed by atoms with E-state index in [2.05, 4.69) is 39.5 Å². The van der Waals surface area contributed by atoms with Crippen molar-refractivity contribution in [2.45, 2.75) is 142 Å². The van der Waals surface area contributed by atoms with Gasteiger partial charge in [-0.1, -0.05) is 78.5 Å². The molecule has 5 unspecified atom stereocenters. The minimum absolute atomic E-state index is 0.0748. The van der Waals surface area contributed by atoms with E-state index in [0.29, 0.717) is 44.9 Å². The number of carbonyl (C=O) groups excluding carboxylic acids is 7. The van der Waals surface area contributed by atoms with Gasteiger partial charge in [0.05, 0.1) is 0 Å². The summed E-state index contributed by atoms with van der Waals surface area (Å²) in [6.45, 7) is 28.4. The van der Waals surface area contributed by atoms with Crippen molar-refractivity contribution in [2.24, 2.45) is 0 Å². The largest absolute Gasteiger partial charge is 0.462 e. The number of hydrogen-bond donors (Lipinski definition) is 0. The maximum absolute atomic E-state index is 12.9. The normalized spacial score (nSPS) is 13.1. The highest BCUT2D eigenvalue weighted by Crippen LogP contribution is 2.26. The Bertz CT molecular complexity index is 1460. The Kier molecular flexibility index (Phi) is 26.4. The fourth-order valence-corrected chi connectivity index (χ4v) is 4.95. The Morgan fingerprint density at radius 1 is 0.491 bits per heavy atom.